The van der Waals surface area contributed by atoms with E-state index in [1.54, 1.807) is 6.07 Å². The van der Waals surface area contributed by atoms with Gasteiger partial charge in [-0.05, 0) is 31.4 Å². The van der Waals surface area contributed by atoms with Crippen LogP contribution in [0.3, 0.4) is 0 Å². The highest BCUT2D eigenvalue weighted by molar-refractivity contribution is 7.89. The fourth-order valence-corrected chi connectivity index (χ4v) is 3.38. The van der Waals surface area contributed by atoms with Crippen LogP contribution >= 0.6 is 0 Å². The largest absolute Gasteiger partial charge is 0.438 e. The number of furan rings is 1. The summed E-state index contributed by atoms with van der Waals surface area (Å²) in [5.74, 6) is 1.71. The minimum atomic E-state index is -3.84. The van der Waals surface area contributed by atoms with E-state index < -0.39 is 10.0 Å². The maximum Gasteiger partial charge on any atom is 0.283 e. The van der Waals surface area contributed by atoms with Crippen LogP contribution in [0.5, 0.6) is 0 Å². The number of sulfonamides is 1. The van der Waals surface area contributed by atoms with Gasteiger partial charge in [-0.25, -0.2) is 13.1 Å². The van der Waals surface area contributed by atoms with Crippen LogP contribution in [0.4, 0.5) is 0 Å². The van der Waals surface area contributed by atoms with E-state index in [1.807, 2.05) is 6.92 Å². The minimum absolute atomic E-state index is 0.0124. The molecule has 0 unspecified atom stereocenters. The van der Waals surface area contributed by atoms with Gasteiger partial charge in [-0.2, -0.15) is 0 Å². The van der Waals surface area contributed by atoms with Gasteiger partial charge >= 0.3 is 0 Å². The van der Waals surface area contributed by atoms with Crippen molar-refractivity contribution in [1.82, 2.24) is 20.1 Å². The molecule has 0 aromatic carbocycles. The van der Waals surface area contributed by atoms with Crippen molar-refractivity contribution in [2.45, 2.75) is 50.2 Å². The Morgan fingerprint density at radius 3 is 2.85 bits per heavy atom. The summed E-state index contributed by atoms with van der Waals surface area (Å²) in [6.07, 6.45) is 3.78. The van der Waals surface area contributed by atoms with Gasteiger partial charge < -0.3 is 13.4 Å². The molecule has 1 fully saturated rings. The SMILES string of the molecule is CCCc1cc(CNS(=O)(=O)c2ccc(-c3nnc(C4CC4)o3)o2)on1. The smallest absolute Gasteiger partial charge is 0.283 e. The van der Waals surface area contributed by atoms with Crippen molar-refractivity contribution >= 4 is 10.0 Å². The minimum Gasteiger partial charge on any atom is -0.438 e. The average Bonchev–Trinajstić information content (AvgIpc) is 3.06. The fourth-order valence-electron chi connectivity index (χ4n) is 2.46. The molecule has 1 N–H and O–H groups in total. The van der Waals surface area contributed by atoms with Gasteiger partial charge in [0.25, 0.3) is 15.9 Å². The van der Waals surface area contributed by atoms with Crippen LogP contribution in [0.1, 0.15) is 49.4 Å². The lowest BCUT2D eigenvalue weighted by molar-refractivity contribution is 0.373. The lowest BCUT2D eigenvalue weighted by atomic mass is 10.2. The van der Waals surface area contributed by atoms with Crippen molar-refractivity contribution in [3.8, 4) is 11.7 Å². The van der Waals surface area contributed by atoms with Crippen molar-refractivity contribution < 1.29 is 21.8 Å². The number of nitrogens with zero attached hydrogens (tertiary/aromatic N) is 3. The van der Waals surface area contributed by atoms with Crippen LogP contribution in [0.25, 0.3) is 11.7 Å². The van der Waals surface area contributed by atoms with Crippen molar-refractivity contribution in [2.24, 2.45) is 0 Å². The second kappa shape index (κ2) is 6.69. The van der Waals surface area contributed by atoms with E-state index in [0.29, 0.717) is 17.6 Å². The van der Waals surface area contributed by atoms with Crippen molar-refractivity contribution in [2.75, 3.05) is 0 Å². The van der Waals surface area contributed by atoms with Gasteiger partial charge in [0.15, 0.2) is 11.5 Å². The van der Waals surface area contributed by atoms with Gasteiger partial charge in [0, 0.05) is 12.0 Å². The normalized spacial score (nSPS) is 14.8. The number of rotatable bonds is 8. The Morgan fingerprint density at radius 1 is 1.23 bits per heavy atom. The number of hydrogen-bond donors (Lipinski definition) is 1. The van der Waals surface area contributed by atoms with Gasteiger partial charge in [-0.3, -0.25) is 0 Å². The van der Waals surface area contributed by atoms with Gasteiger partial charge in [0.1, 0.15) is 0 Å². The predicted octanol–water partition coefficient (Wildman–Crippen LogP) is 2.63. The maximum atomic E-state index is 12.4. The summed E-state index contributed by atoms with van der Waals surface area (Å²) in [4.78, 5) is 0. The first-order chi connectivity index (χ1) is 12.5. The topological polar surface area (TPSA) is 124 Å². The number of aromatic nitrogens is 3. The highest BCUT2D eigenvalue weighted by Crippen LogP contribution is 2.40. The third-order valence-corrected chi connectivity index (χ3v) is 5.25. The number of aryl methyl sites for hydroxylation is 1. The summed E-state index contributed by atoms with van der Waals surface area (Å²) in [6.45, 7) is 2.02. The average molecular weight is 378 g/mol. The Bertz CT molecular complexity index is 999. The van der Waals surface area contributed by atoms with Gasteiger partial charge in [0.2, 0.25) is 11.0 Å². The summed E-state index contributed by atoms with van der Waals surface area (Å²) in [5.41, 5.74) is 0.796. The van der Waals surface area contributed by atoms with E-state index in [9.17, 15) is 8.42 Å². The monoisotopic (exact) mass is 378 g/mol. The number of nitrogens with one attached hydrogen (secondary N) is 1. The van der Waals surface area contributed by atoms with Crippen LogP contribution in [0, 0.1) is 0 Å². The molecule has 0 spiro atoms. The summed E-state index contributed by atoms with van der Waals surface area (Å²) in [5, 5.41) is 11.5. The van der Waals surface area contributed by atoms with E-state index >= 15 is 0 Å². The molecule has 0 bridgehead atoms. The zero-order chi connectivity index (χ0) is 18.1. The van der Waals surface area contributed by atoms with E-state index in [2.05, 4.69) is 20.1 Å². The lowest BCUT2D eigenvalue weighted by Gasteiger charge is -2.01. The van der Waals surface area contributed by atoms with E-state index in [4.69, 9.17) is 13.4 Å². The van der Waals surface area contributed by atoms with Crippen LogP contribution in [-0.2, 0) is 23.0 Å². The van der Waals surface area contributed by atoms with E-state index in [0.717, 1.165) is 31.4 Å². The zero-order valence-corrected chi connectivity index (χ0v) is 15.0. The maximum absolute atomic E-state index is 12.4. The highest BCUT2D eigenvalue weighted by atomic mass is 32.2. The van der Waals surface area contributed by atoms with Crippen LogP contribution in [-0.4, -0.2) is 23.8 Å². The molecule has 3 heterocycles. The third kappa shape index (κ3) is 3.56. The molecule has 9 nitrogen and oxygen atoms in total. The molecule has 1 aliphatic rings. The molecule has 4 rings (SSSR count). The van der Waals surface area contributed by atoms with Crippen molar-refractivity contribution in [3.05, 3.63) is 35.5 Å². The highest BCUT2D eigenvalue weighted by Gasteiger charge is 2.30. The first kappa shape index (κ1) is 17.0. The van der Waals surface area contributed by atoms with Crippen molar-refractivity contribution in [3.63, 3.8) is 0 Å². The molecule has 1 aliphatic carbocycles. The Hall–Kier alpha value is -2.46. The van der Waals surface area contributed by atoms with Crippen LogP contribution in [0.15, 0.2) is 36.6 Å². The van der Waals surface area contributed by atoms with Crippen LogP contribution in [0.2, 0.25) is 0 Å². The second-order valence-electron chi connectivity index (χ2n) is 6.20. The summed E-state index contributed by atoms with van der Waals surface area (Å²) >= 11 is 0. The second-order valence-corrected chi connectivity index (χ2v) is 7.90. The van der Waals surface area contributed by atoms with Gasteiger partial charge in [0.05, 0.1) is 12.2 Å². The molecule has 0 atom stereocenters. The molecular weight excluding hydrogens is 360 g/mol. The molecule has 138 valence electrons. The van der Waals surface area contributed by atoms with Crippen molar-refractivity contribution in [1.29, 1.82) is 0 Å². The Balaban J connectivity index is 1.44. The lowest BCUT2D eigenvalue weighted by Crippen LogP contribution is -2.22. The standard InChI is InChI=1S/C16H18N4O5S/c1-2-3-11-8-12(25-20-11)9-17-26(21,22)14-7-6-13(23-14)16-19-18-15(24-16)10-4-5-10/h6-8,10,17H,2-5,9H2,1H3. The van der Waals surface area contributed by atoms with E-state index in [1.165, 1.54) is 12.1 Å². The molecule has 1 saturated carbocycles. The molecule has 0 radical (unpaired) electrons. The van der Waals surface area contributed by atoms with Crippen LogP contribution < -0.4 is 4.72 Å². The summed E-state index contributed by atoms with van der Waals surface area (Å²) in [7, 11) is -3.84. The van der Waals surface area contributed by atoms with Gasteiger partial charge in [-0.15, -0.1) is 10.2 Å². The molecule has 0 amide bonds. The molecular formula is C16H18N4O5S. The zero-order valence-electron chi connectivity index (χ0n) is 14.1. The molecule has 3 aromatic rings. The first-order valence-electron chi connectivity index (χ1n) is 8.43. The Morgan fingerprint density at radius 2 is 2.08 bits per heavy atom. The summed E-state index contributed by atoms with van der Waals surface area (Å²) in [6, 6.07) is 4.57. The Labute approximate surface area is 149 Å². The fraction of sp³-hybridized carbons (Fsp3) is 0.438. The third-order valence-electron chi connectivity index (χ3n) is 3.97. The van der Waals surface area contributed by atoms with Gasteiger partial charge in [-0.1, -0.05) is 18.5 Å². The first-order valence-corrected chi connectivity index (χ1v) is 9.91. The molecule has 0 saturated heterocycles. The van der Waals surface area contributed by atoms with E-state index in [-0.39, 0.29) is 23.3 Å². The predicted molar refractivity (Wildman–Crippen MR) is 88.5 cm³/mol. The molecule has 26 heavy (non-hydrogen) atoms. The molecule has 0 aliphatic heterocycles. The molecule has 10 heteroatoms. The Kier molecular flexibility index (Phi) is 4.37. The number of hydrogen-bond acceptors (Lipinski definition) is 8. The summed E-state index contributed by atoms with van der Waals surface area (Å²) < 4.78 is 43.2. The quantitative estimate of drug-likeness (QED) is 0.634. The molecule has 3 aromatic heterocycles.